The lowest BCUT2D eigenvalue weighted by Crippen LogP contribution is -2.18. The lowest BCUT2D eigenvalue weighted by atomic mass is 10.1. The van der Waals surface area contributed by atoms with Gasteiger partial charge in [-0.1, -0.05) is 29.8 Å². The van der Waals surface area contributed by atoms with E-state index < -0.39 is 0 Å². The second-order valence-electron chi connectivity index (χ2n) is 6.21. The third-order valence-electron chi connectivity index (χ3n) is 4.21. The first kappa shape index (κ1) is 21.0. The van der Waals surface area contributed by atoms with E-state index in [1.807, 2.05) is 30.3 Å². The van der Waals surface area contributed by atoms with Gasteiger partial charge in [-0.25, -0.2) is 10.4 Å². The number of para-hydroxylation sites is 1. The number of aromatic hydroxyl groups is 1. The van der Waals surface area contributed by atoms with Crippen LogP contribution in [0, 0.1) is 0 Å². The van der Waals surface area contributed by atoms with Crippen molar-refractivity contribution in [3.63, 3.8) is 0 Å². The smallest absolute Gasteiger partial charge is 0.272 e. The molecule has 30 heavy (non-hydrogen) atoms. The number of fused-ring (bicyclic) bond motifs is 1. The Bertz CT molecular complexity index is 1280. The topological polar surface area (TPSA) is 74.6 Å². The number of amides is 1. The molecule has 4 rings (SSSR count). The van der Waals surface area contributed by atoms with Gasteiger partial charge in [0.2, 0.25) is 0 Å². The van der Waals surface area contributed by atoms with Crippen molar-refractivity contribution in [2.45, 2.75) is 0 Å². The molecule has 0 aliphatic rings. The Kier molecular flexibility index (Phi) is 6.19. The zero-order valence-electron chi connectivity index (χ0n) is 15.1. The molecule has 0 bridgehead atoms. The van der Waals surface area contributed by atoms with Crippen LogP contribution in [0.5, 0.6) is 5.75 Å². The van der Waals surface area contributed by atoms with Gasteiger partial charge in [0, 0.05) is 5.39 Å². The third kappa shape index (κ3) is 4.41. The van der Waals surface area contributed by atoms with Crippen LogP contribution in [0.3, 0.4) is 0 Å². The second-order valence-corrected chi connectivity index (χ2v) is 9.63. The maximum Gasteiger partial charge on any atom is 0.272 e. The van der Waals surface area contributed by atoms with Crippen molar-refractivity contribution in [1.82, 2.24) is 10.4 Å². The standard InChI is InChI=1S/C21H12Br2ClN3O2S/c22-14-7-11(8-15(23)20(14)28)10-25-27-21(29)13-9-17(18-5-6-19(24)30-18)26-16-4-2-1-3-12(13)16/h1-10,28H,(H,27,29)/b25-10+. The Morgan fingerprint density at radius 2 is 1.87 bits per heavy atom. The number of hydrogen-bond donors (Lipinski definition) is 2. The van der Waals surface area contributed by atoms with Gasteiger partial charge in [0.15, 0.2) is 0 Å². The van der Waals surface area contributed by atoms with Gasteiger partial charge in [-0.15, -0.1) is 11.3 Å². The Balaban J connectivity index is 1.65. The maximum absolute atomic E-state index is 12.9. The largest absolute Gasteiger partial charge is 0.506 e. The summed E-state index contributed by atoms with van der Waals surface area (Å²) >= 11 is 14.0. The van der Waals surface area contributed by atoms with Crippen molar-refractivity contribution in [3.05, 3.63) is 79.0 Å². The van der Waals surface area contributed by atoms with Crippen LogP contribution in [0.25, 0.3) is 21.5 Å². The first-order chi connectivity index (χ1) is 14.4. The van der Waals surface area contributed by atoms with E-state index in [0.29, 0.717) is 35.6 Å². The van der Waals surface area contributed by atoms with E-state index >= 15 is 0 Å². The van der Waals surface area contributed by atoms with Crippen LogP contribution in [0.1, 0.15) is 15.9 Å². The lowest BCUT2D eigenvalue weighted by Gasteiger charge is -2.08. The number of rotatable bonds is 4. The number of thiophene rings is 1. The van der Waals surface area contributed by atoms with Gasteiger partial charge in [0.1, 0.15) is 5.75 Å². The Labute approximate surface area is 197 Å². The van der Waals surface area contributed by atoms with Gasteiger partial charge < -0.3 is 5.11 Å². The minimum absolute atomic E-state index is 0.0978. The summed E-state index contributed by atoms with van der Waals surface area (Å²) in [6.45, 7) is 0. The quantitative estimate of drug-likeness (QED) is 0.216. The number of benzene rings is 2. The zero-order chi connectivity index (χ0) is 21.3. The van der Waals surface area contributed by atoms with E-state index in [9.17, 15) is 9.90 Å². The summed E-state index contributed by atoms with van der Waals surface area (Å²) in [5.74, 6) is -0.258. The molecular formula is C21H12Br2ClN3O2S. The molecule has 0 unspecified atom stereocenters. The molecule has 2 aromatic carbocycles. The average Bonchev–Trinajstić information content (AvgIpc) is 3.17. The molecule has 0 aliphatic carbocycles. The van der Waals surface area contributed by atoms with Crippen LogP contribution < -0.4 is 5.43 Å². The monoisotopic (exact) mass is 563 g/mol. The molecule has 0 saturated heterocycles. The molecule has 9 heteroatoms. The van der Waals surface area contributed by atoms with Gasteiger partial charge in [0.25, 0.3) is 5.91 Å². The number of carbonyl (C=O) groups is 1. The van der Waals surface area contributed by atoms with Crippen molar-refractivity contribution < 1.29 is 9.90 Å². The van der Waals surface area contributed by atoms with Crippen LogP contribution >= 0.6 is 54.8 Å². The number of aromatic nitrogens is 1. The molecule has 5 nitrogen and oxygen atoms in total. The van der Waals surface area contributed by atoms with Gasteiger partial charge in [-0.05, 0) is 73.8 Å². The molecule has 0 radical (unpaired) electrons. The summed E-state index contributed by atoms with van der Waals surface area (Å²) < 4.78 is 1.69. The lowest BCUT2D eigenvalue weighted by molar-refractivity contribution is 0.0956. The van der Waals surface area contributed by atoms with Crippen LogP contribution in [0.15, 0.2) is 68.6 Å². The number of halogens is 3. The minimum atomic E-state index is -0.356. The van der Waals surface area contributed by atoms with Gasteiger partial charge in [-0.2, -0.15) is 5.10 Å². The fraction of sp³-hybridized carbons (Fsp3) is 0. The SMILES string of the molecule is O=C(N/N=C/c1cc(Br)c(O)c(Br)c1)c1cc(-c2ccc(Cl)s2)nc2ccccc12. The summed E-state index contributed by atoms with van der Waals surface area (Å²) in [7, 11) is 0. The highest BCUT2D eigenvalue weighted by Crippen LogP contribution is 2.33. The molecule has 2 N–H and O–H groups in total. The van der Waals surface area contributed by atoms with E-state index in [1.54, 1.807) is 24.3 Å². The normalized spacial score (nSPS) is 11.3. The summed E-state index contributed by atoms with van der Waals surface area (Å²) in [5, 5.41) is 14.6. The predicted molar refractivity (Wildman–Crippen MR) is 129 cm³/mol. The Morgan fingerprint density at radius 3 is 2.57 bits per heavy atom. The third-order valence-corrected chi connectivity index (χ3v) is 6.67. The number of nitrogens with one attached hydrogen (secondary N) is 1. The summed E-state index contributed by atoms with van der Waals surface area (Å²) in [4.78, 5) is 18.4. The average molecular weight is 566 g/mol. The van der Waals surface area contributed by atoms with Crippen LogP contribution in [-0.2, 0) is 0 Å². The van der Waals surface area contributed by atoms with Crippen molar-refractivity contribution in [2.75, 3.05) is 0 Å². The number of hydrogen-bond acceptors (Lipinski definition) is 5. The van der Waals surface area contributed by atoms with Crippen LogP contribution in [-0.4, -0.2) is 22.2 Å². The molecule has 150 valence electrons. The highest BCUT2D eigenvalue weighted by Gasteiger charge is 2.14. The minimum Gasteiger partial charge on any atom is -0.506 e. The number of phenols is 1. The summed E-state index contributed by atoms with van der Waals surface area (Å²) in [6, 6.07) is 16.2. The van der Waals surface area contributed by atoms with E-state index in [2.05, 4.69) is 47.4 Å². The summed E-state index contributed by atoms with van der Waals surface area (Å²) in [5.41, 5.74) is 5.10. The fourth-order valence-electron chi connectivity index (χ4n) is 2.83. The molecule has 0 saturated carbocycles. The number of carbonyl (C=O) groups excluding carboxylic acids is 1. The molecule has 2 aromatic heterocycles. The van der Waals surface area contributed by atoms with Crippen LogP contribution in [0.4, 0.5) is 0 Å². The molecule has 0 aliphatic heterocycles. The number of hydrazone groups is 1. The molecule has 0 spiro atoms. The van der Waals surface area contributed by atoms with Crippen LogP contribution in [0.2, 0.25) is 4.34 Å². The van der Waals surface area contributed by atoms with Crippen molar-refractivity contribution in [2.24, 2.45) is 5.10 Å². The molecule has 1 amide bonds. The maximum atomic E-state index is 12.9. The van der Waals surface area contributed by atoms with E-state index in [1.165, 1.54) is 17.6 Å². The molecule has 4 aromatic rings. The second kappa shape index (κ2) is 8.85. The van der Waals surface area contributed by atoms with Crippen molar-refractivity contribution in [3.8, 4) is 16.3 Å². The molecule has 0 fully saturated rings. The van der Waals surface area contributed by atoms with Gasteiger partial charge in [0.05, 0.1) is 41.1 Å². The molecule has 0 atom stereocenters. The van der Waals surface area contributed by atoms with E-state index in [4.69, 9.17) is 11.6 Å². The molecule has 2 heterocycles. The van der Waals surface area contributed by atoms with Crippen molar-refractivity contribution in [1.29, 1.82) is 0 Å². The van der Waals surface area contributed by atoms with E-state index in [0.717, 1.165) is 10.3 Å². The Hall–Kier alpha value is -2.26. The highest BCUT2D eigenvalue weighted by molar-refractivity contribution is 9.11. The highest BCUT2D eigenvalue weighted by atomic mass is 79.9. The van der Waals surface area contributed by atoms with Crippen molar-refractivity contribution >= 4 is 77.8 Å². The van der Waals surface area contributed by atoms with Gasteiger partial charge >= 0.3 is 0 Å². The predicted octanol–water partition coefficient (Wildman–Crippen LogP) is 6.61. The molecular weight excluding hydrogens is 554 g/mol. The summed E-state index contributed by atoms with van der Waals surface area (Å²) in [6.07, 6.45) is 1.50. The first-order valence-electron chi connectivity index (χ1n) is 8.59. The number of nitrogens with zero attached hydrogens (tertiary/aromatic N) is 2. The Morgan fingerprint density at radius 1 is 1.13 bits per heavy atom. The zero-order valence-corrected chi connectivity index (χ0v) is 19.8. The van der Waals surface area contributed by atoms with Gasteiger partial charge in [-0.3, -0.25) is 4.79 Å². The number of phenolic OH excluding ortho intramolecular Hbond substituents is 1. The van der Waals surface area contributed by atoms with E-state index in [-0.39, 0.29) is 11.7 Å². The fourth-order valence-corrected chi connectivity index (χ4v) is 5.05. The number of pyridine rings is 1. The first-order valence-corrected chi connectivity index (χ1v) is 11.4.